The molecule has 4 rings (SSSR count). The van der Waals surface area contributed by atoms with Crippen LogP contribution in [-0.4, -0.2) is 30.8 Å². The molecule has 2 aromatic carbocycles. The maximum absolute atomic E-state index is 12.5. The number of nitrogens with one attached hydrogen (secondary N) is 1. The minimum atomic E-state index is -0.555. The lowest BCUT2D eigenvalue weighted by atomic mass is 10.0. The number of oxazole rings is 1. The van der Waals surface area contributed by atoms with Gasteiger partial charge in [0.05, 0.1) is 11.1 Å². The van der Waals surface area contributed by atoms with E-state index in [1.807, 2.05) is 10.9 Å². The summed E-state index contributed by atoms with van der Waals surface area (Å²) in [6.07, 6.45) is 9.21. The van der Waals surface area contributed by atoms with Crippen LogP contribution < -0.4 is 5.32 Å². The number of hydrogen-bond acceptors (Lipinski definition) is 7. The Kier molecular flexibility index (Phi) is 7.61. The number of unbranched alkanes of at least 4 members (excludes halogenated alkanes) is 1. The molecule has 1 N–H and O–H groups in total. The fourth-order valence-electron chi connectivity index (χ4n) is 3.69. The van der Waals surface area contributed by atoms with E-state index in [-0.39, 0.29) is 17.1 Å². The average molecular weight is 475 g/mol. The van der Waals surface area contributed by atoms with Crippen LogP contribution in [0.5, 0.6) is 0 Å². The van der Waals surface area contributed by atoms with E-state index < -0.39 is 10.8 Å². The van der Waals surface area contributed by atoms with Gasteiger partial charge in [-0.15, -0.1) is 5.10 Å². The minimum absolute atomic E-state index is 0.0797. The monoisotopic (exact) mass is 474 g/mol. The molecule has 0 aliphatic rings. The number of amides is 1. The maximum atomic E-state index is 12.5. The molecule has 35 heavy (non-hydrogen) atoms. The molecule has 10 nitrogen and oxygen atoms in total. The van der Waals surface area contributed by atoms with E-state index in [1.165, 1.54) is 24.0 Å². The van der Waals surface area contributed by atoms with E-state index in [9.17, 15) is 14.9 Å². The number of benzene rings is 2. The van der Waals surface area contributed by atoms with Crippen molar-refractivity contribution < 1.29 is 14.1 Å². The van der Waals surface area contributed by atoms with Crippen LogP contribution in [0.1, 0.15) is 45.9 Å². The summed E-state index contributed by atoms with van der Waals surface area (Å²) in [5.41, 5.74) is 3.20. The molecule has 0 aliphatic heterocycles. The first-order valence-corrected chi connectivity index (χ1v) is 11.4. The predicted octanol–water partition coefficient (Wildman–Crippen LogP) is 4.54. The summed E-state index contributed by atoms with van der Waals surface area (Å²) in [5, 5.41) is 21.6. The van der Waals surface area contributed by atoms with Crippen molar-refractivity contribution in [1.82, 2.24) is 20.0 Å². The van der Waals surface area contributed by atoms with Gasteiger partial charge in [-0.3, -0.25) is 19.6 Å². The zero-order chi connectivity index (χ0) is 24.6. The third-order valence-electron chi connectivity index (χ3n) is 5.61. The van der Waals surface area contributed by atoms with Crippen molar-refractivity contribution in [1.29, 1.82) is 0 Å². The Labute approximate surface area is 202 Å². The van der Waals surface area contributed by atoms with E-state index in [2.05, 4.69) is 44.9 Å². The number of carbonyl (C=O) groups excluding carboxylic acids is 1. The van der Waals surface area contributed by atoms with Gasteiger partial charge in [0.2, 0.25) is 0 Å². The molecule has 0 radical (unpaired) electrons. The van der Waals surface area contributed by atoms with Gasteiger partial charge in [-0.05, 0) is 55.4 Å². The predicted molar refractivity (Wildman–Crippen MR) is 129 cm³/mol. The van der Waals surface area contributed by atoms with Crippen molar-refractivity contribution >= 4 is 17.3 Å². The van der Waals surface area contributed by atoms with Gasteiger partial charge >= 0.3 is 0 Å². The van der Waals surface area contributed by atoms with Crippen LogP contribution in [0, 0.1) is 17.0 Å². The van der Waals surface area contributed by atoms with Gasteiger partial charge in [0.1, 0.15) is 12.0 Å². The van der Waals surface area contributed by atoms with Crippen molar-refractivity contribution in [2.24, 2.45) is 0 Å². The highest BCUT2D eigenvalue weighted by Gasteiger charge is 2.19. The summed E-state index contributed by atoms with van der Waals surface area (Å²) in [6, 6.07) is 13.1. The first-order valence-electron chi connectivity index (χ1n) is 11.4. The van der Waals surface area contributed by atoms with Crippen LogP contribution in [0.2, 0.25) is 0 Å². The molecule has 0 spiro atoms. The smallest absolute Gasteiger partial charge is 0.293 e. The Morgan fingerprint density at radius 2 is 1.86 bits per heavy atom. The molecule has 10 heteroatoms. The van der Waals surface area contributed by atoms with Gasteiger partial charge in [0, 0.05) is 25.2 Å². The molecule has 0 unspecified atom stereocenters. The fraction of sp³-hybridized carbons (Fsp3) is 0.280. The number of nitro benzene ring substituents is 1. The van der Waals surface area contributed by atoms with Crippen molar-refractivity contribution in [3.8, 4) is 0 Å². The molecular weight excluding hydrogens is 448 g/mol. The Balaban J connectivity index is 1.25. The van der Waals surface area contributed by atoms with Crippen molar-refractivity contribution in [3.63, 3.8) is 0 Å². The third-order valence-corrected chi connectivity index (χ3v) is 5.61. The molecule has 0 saturated heterocycles. The molecule has 2 heterocycles. The zero-order valence-electron chi connectivity index (χ0n) is 19.4. The second-order valence-electron chi connectivity index (χ2n) is 8.30. The molecule has 0 atom stereocenters. The number of rotatable bonds is 11. The molecule has 0 aliphatic carbocycles. The van der Waals surface area contributed by atoms with Crippen LogP contribution in [0.4, 0.5) is 11.4 Å². The molecule has 0 saturated carbocycles. The second kappa shape index (κ2) is 11.2. The normalized spacial score (nSPS) is 10.9. The molecule has 4 aromatic rings. The van der Waals surface area contributed by atoms with Gasteiger partial charge in [-0.2, -0.15) is 0 Å². The summed E-state index contributed by atoms with van der Waals surface area (Å²) in [7, 11) is 0. The van der Waals surface area contributed by atoms with Crippen LogP contribution >= 0.6 is 0 Å². The lowest BCUT2D eigenvalue weighted by Crippen LogP contribution is -2.13. The van der Waals surface area contributed by atoms with Crippen molar-refractivity contribution in [2.45, 2.75) is 45.6 Å². The van der Waals surface area contributed by atoms with Gasteiger partial charge in [-0.1, -0.05) is 35.5 Å². The largest absolute Gasteiger partial charge is 0.448 e. The number of anilines is 1. The first kappa shape index (κ1) is 23.8. The quantitative estimate of drug-likeness (QED) is 0.192. The van der Waals surface area contributed by atoms with Crippen LogP contribution in [0.25, 0.3) is 0 Å². The van der Waals surface area contributed by atoms with Crippen LogP contribution in [-0.2, 0) is 25.8 Å². The molecule has 0 fully saturated rings. The summed E-state index contributed by atoms with van der Waals surface area (Å²) in [5.74, 6) is -0.120. The fourth-order valence-corrected chi connectivity index (χ4v) is 3.69. The van der Waals surface area contributed by atoms with E-state index in [4.69, 9.17) is 4.42 Å². The van der Waals surface area contributed by atoms with E-state index in [0.29, 0.717) is 12.3 Å². The molecule has 180 valence electrons. The van der Waals surface area contributed by atoms with E-state index >= 15 is 0 Å². The summed E-state index contributed by atoms with van der Waals surface area (Å²) < 4.78 is 7.28. The molecule has 2 aromatic heterocycles. The standard InChI is InChI=1S/C25H26N6O4/c1-18-5-11-21(23(16-18)31(33)34)28-25(32)22-17-35-24(27-22)12-10-20-8-6-19(7-9-20)4-2-3-14-30-15-13-26-29-30/h5-9,11,13,15-17H,2-4,10,12,14H2,1H3,(H,28,32). The third kappa shape index (κ3) is 6.59. The van der Waals surface area contributed by atoms with Gasteiger partial charge < -0.3 is 9.73 Å². The number of nitrogens with zero attached hydrogens (tertiary/aromatic N) is 5. The SMILES string of the molecule is Cc1ccc(NC(=O)c2coc(CCc3ccc(CCCCn4ccnn4)cc3)n2)c([N+](=O)[O-])c1. The highest BCUT2D eigenvalue weighted by Crippen LogP contribution is 2.25. The molecule has 1 amide bonds. The number of aromatic nitrogens is 4. The van der Waals surface area contributed by atoms with E-state index in [0.717, 1.165) is 43.4 Å². The highest BCUT2D eigenvalue weighted by atomic mass is 16.6. The van der Waals surface area contributed by atoms with E-state index in [1.54, 1.807) is 19.2 Å². The lowest BCUT2D eigenvalue weighted by Gasteiger charge is -2.05. The van der Waals surface area contributed by atoms with Gasteiger partial charge in [0.25, 0.3) is 11.6 Å². The summed E-state index contributed by atoms with van der Waals surface area (Å²) in [4.78, 5) is 27.5. The van der Waals surface area contributed by atoms with Crippen LogP contribution in [0.3, 0.4) is 0 Å². The Hall–Kier alpha value is -4.34. The second-order valence-corrected chi connectivity index (χ2v) is 8.30. The maximum Gasteiger partial charge on any atom is 0.293 e. The highest BCUT2D eigenvalue weighted by molar-refractivity contribution is 6.03. The number of aryl methyl sites for hydroxylation is 5. The molecular formula is C25H26N6O4. The van der Waals surface area contributed by atoms with Gasteiger partial charge in [-0.25, -0.2) is 4.98 Å². The average Bonchev–Trinajstić information content (AvgIpc) is 3.55. The molecule has 0 bridgehead atoms. The van der Waals surface area contributed by atoms with Crippen molar-refractivity contribution in [3.05, 3.63) is 99.5 Å². The lowest BCUT2D eigenvalue weighted by molar-refractivity contribution is -0.384. The summed E-state index contributed by atoms with van der Waals surface area (Å²) in [6.45, 7) is 2.62. The number of carbonyl (C=O) groups is 1. The number of hydrogen-bond donors (Lipinski definition) is 1. The Morgan fingerprint density at radius 1 is 1.09 bits per heavy atom. The summed E-state index contributed by atoms with van der Waals surface area (Å²) >= 11 is 0. The Morgan fingerprint density at radius 3 is 2.57 bits per heavy atom. The zero-order valence-corrected chi connectivity index (χ0v) is 19.4. The van der Waals surface area contributed by atoms with Crippen molar-refractivity contribution in [2.75, 3.05) is 5.32 Å². The van der Waals surface area contributed by atoms with Gasteiger partial charge in [0.15, 0.2) is 11.6 Å². The van der Waals surface area contributed by atoms with Crippen LogP contribution in [0.15, 0.2) is 65.5 Å². The topological polar surface area (TPSA) is 129 Å². The minimum Gasteiger partial charge on any atom is -0.448 e. The number of nitro groups is 1. The Bertz CT molecular complexity index is 1280. The first-order chi connectivity index (χ1) is 17.0.